The molecular formula is C18H15BrClNO3S. The van der Waals surface area contributed by atoms with E-state index < -0.39 is 12.0 Å². The van der Waals surface area contributed by atoms with Crippen molar-refractivity contribution in [3.63, 3.8) is 0 Å². The van der Waals surface area contributed by atoms with Gasteiger partial charge in [0.1, 0.15) is 11.4 Å². The van der Waals surface area contributed by atoms with Crippen molar-refractivity contribution in [1.82, 2.24) is 4.90 Å². The quantitative estimate of drug-likeness (QED) is 0.658. The first-order valence-electron chi connectivity index (χ1n) is 7.54. The van der Waals surface area contributed by atoms with Crippen molar-refractivity contribution in [2.24, 2.45) is 0 Å². The Balaban J connectivity index is 1.99. The molecule has 25 heavy (non-hydrogen) atoms. The molecule has 0 N–H and O–H groups in total. The van der Waals surface area contributed by atoms with E-state index in [9.17, 15) is 9.59 Å². The number of benzene rings is 2. The van der Waals surface area contributed by atoms with E-state index in [-0.39, 0.29) is 11.3 Å². The second kappa shape index (κ2) is 7.81. The molecule has 2 atom stereocenters. The van der Waals surface area contributed by atoms with E-state index in [1.165, 1.54) is 18.9 Å². The van der Waals surface area contributed by atoms with Crippen molar-refractivity contribution in [2.75, 3.05) is 12.9 Å². The maximum Gasteiger partial charge on any atom is 0.329 e. The number of halogens is 2. The van der Waals surface area contributed by atoms with E-state index in [0.29, 0.717) is 16.3 Å². The molecule has 2 unspecified atom stereocenters. The molecule has 130 valence electrons. The van der Waals surface area contributed by atoms with Crippen LogP contribution in [0.5, 0.6) is 0 Å². The molecule has 2 aromatic rings. The molecule has 1 heterocycles. The van der Waals surface area contributed by atoms with E-state index in [0.717, 1.165) is 10.0 Å². The second-order valence-electron chi connectivity index (χ2n) is 5.50. The smallest absolute Gasteiger partial charge is 0.329 e. The third-order valence-corrected chi connectivity index (χ3v) is 6.02. The fourth-order valence-electron chi connectivity index (χ4n) is 2.73. The molecule has 2 aromatic carbocycles. The molecule has 4 nitrogen and oxygen atoms in total. The van der Waals surface area contributed by atoms with Crippen molar-refractivity contribution in [3.05, 3.63) is 69.2 Å². The molecule has 0 aromatic heterocycles. The largest absolute Gasteiger partial charge is 0.467 e. The van der Waals surface area contributed by atoms with Crippen LogP contribution in [0.25, 0.3) is 0 Å². The maximum atomic E-state index is 13.1. The van der Waals surface area contributed by atoms with Gasteiger partial charge in [-0.2, -0.15) is 0 Å². The predicted octanol–water partition coefficient (Wildman–Crippen LogP) is 4.53. The lowest BCUT2D eigenvalue weighted by Gasteiger charge is -2.28. The first-order chi connectivity index (χ1) is 12.0. The van der Waals surface area contributed by atoms with E-state index in [1.54, 1.807) is 35.2 Å². The number of esters is 1. The van der Waals surface area contributed by atoms with Gasteiger partial charge in [-0.1, -0.05) is 39.7 Å². The lowest BCUT2D eigenvalue weighted by molar-refractivity contribution is -0.145. The minimum Gasteiger partial charge on any atom is -0.467 e. The summed E-state index contributed by atoms with van der Waals surface area (Å²) < 4.78 is 5.78. The monoisotopic (exact) mass is 439 g/mol. The normalized spacial score (nSPS) is 19.7. The Bertz CT molecular complexity index is 799. The number of nitrogens with zero attached hydrogens (tertiary/aromatic N) is 1. The Morgan fingerprint density at radius 1 is 1.24 bits per heavy atom. The van der Waals surface area contributed by atoms with Gasteiger partial charge in [-0.05, 0) is 42.0 Å². The van der Waals surface area contributed by atoms with Gasteiger partial charge in [0.15, 0.2) is 0 Å². The molecule has 1 amide bonds. The molecule has 3 rings (SSSR count). The van der Waals surface area contributed by atoms with Crippen LogP contribution in [0.1, 0.15) is 21.3 Å². The van der Waals surface area contributed by atoms with Crippen LogP contribution in [-0.2, 0) is 9.53 Å². The number of methoxy groups -OCH3 is 1. The molecule has 0 saturated carbocycles. The number of amides is 1. The van der Waals surface area contributed by atoms with Crippen molar-refractivity contribution < 1.29 is 14.3 Å². The highest BCUT2D eigenvalue weighted by molar-refractivity contribution is 9.10. The zero-order chi connectivity index (χ0) is 18.0. The van der Waals surface area contributed by atoms with Gasteiger partial charge in [0.2, 0.25) is 0 Å². The lowest BCUT2D eigenvalue weighted by atomic mass is 10.1. The zero-order valence-corrected chi connectivity index (χ0v) is 16.5. The van der Waals surface area contributed by atoms with Crippen LogP contribution in [0.4, 0.5) is 0 Å². The Labute approximate surface area is 163 Å². The van der Waals surface area contributed by atoms with Crippen LogP contribution in [0.15, 0.2) is 53.0 Å². The SMILES string of the molecule is COC(=O)C1CSC(c2cccc(Cl)c2)N1C(=O)c1ccc(Br)cc1. The number of ether oxygens (including phenoxy) is 1. The van der Waals surface area contributed by atoms with Gasteiger partial charge in [-0.25, -0.2) is 4.79 Å². The Morgan fingerprint density at radius 3 is 2.60 bits per heavy atom. The molecular weight excluding hydrogens is 426 g/mol. The summed E-state index contributed by atoms with van der Waals surface area (Å²) in [5.74, 6) is -0.146. The van der Waals surface area contributed by atoms with Gasteiger partial charge in [0.05, 0.1) is 7.11 Å². The van der Waals surface area contributed by atoms with Crippen molar-refractivity contribution in [1.29, 1.82) is 0 Å². The summed E-state index contributed by atoms with van der Waals surface area (Å²) in [6.45, 7) is 0. The van der Waals surface area contributed by atoms with Crippen LogP contribution in [0.3, 0.4) is 0 Å². The predicted molar refractivity (Wildman–Crippen MR) is 103 cm³/mol. The maximum absolute atomic E-state index is 13.1. The number of hydrogen-bond donors (Lipinski definition) is 0. The standard InChI is InChI=1S/C18H15BrClNO3S/c1-24-18(23)15-10-25-17(12-3-2-4-14(20)9-12)21(15)16(22)11-5-7-13(19)8-6-11/h2-9,15,17H,10H2,1H3. The molecule has 0 aliphatic carbocycles. The number of rotatable bonds is 3. The van der Waals surface area contributed by atoms with E-state index in [4.69, 9.17) is 16.3 Å². The fraction of sp³-hybridized carbons (Fsp3) is 0.222. The third-order valence-electron chi connectivity index (χ3n) is 3.93. The van der Waals surface area contributed by atoms with E-state index in [2.05, 4.69) is 15.9 Å². The molecule has 1 aliphatic heterocycles. The highest BCUT2D eigenvalue weighted by Crippen LogP contribution is 2.43. The van der Waals surface area contributed by atoms with Gasteiger partial charge in [-0.15, -0.1) is 11.8 Å². The molecule has 1 fully saturated rings. The summed E-state index contributed by atoms with van der Waals surface area (Å²) in [5.41, 5.74) is 1.40. The van der Waals surface area contributed by atoms with Gasteiger partial charge in [-0.3, -0.25) is 4.79 Å². The van der Waals surface area contributed by atoms with Crippen LogP contribution in [0, 0.1) is 0 Å². The highest BCUT2D eigenvalue weighted by Gasteiger charge is 2.43. The minimum absolute atomic E-state index is 0.210. The zero-order valence-electron chi connectivity index (χ0n) is 13.3. The fourth-order valence-corrected chi connectivity index (χ4v) is 4.60. The minimum atomic E-state index is -0.630. The van der Waals surface area contributed by atoms with Crippen molar-refractivity contribution in [2.45, 2.75) is 11.4 Å². The summed E-state index contributed by atoms with van der Waals surface area (Å²) >= 11 is 11.0. The molecule has 1 saturated heterocycles. The Kier molecular flexibility index (Phi) is 5.71. The molecule has 0 bridgehead atoms. The lowest BCUT2D eigenvalue weighted by Crippen LogP contribution is -2.43. The first kappa shape index (κ1) is 18.3. The molecule has 1 aliphatic rings. The van der Waals surface area contributed by atoms with Gasteiger partial charge in [0, 0.05) is 20.8 Å². The highest BCUT2D eigenvalue weighted by atomic mass is 79.9. The van der Waals surface area contributed by atoms with Crippen LogP contribution < -0.4 is 0 Å². The number of carbonyl (C=O) groups is 2. The summed E-state index contributed by atoms with van der Waals surface area (Å²) in [6.07, 6.45) is 0. The Hall–Kier alpha value is -1.50. The third kappa shape index (κ3) is 3.86. The average Bonchev–Trinajstić information content (AvgIpc) is 3.06. The van der Waals surface area contributed by atoms with Gasteiger partial charge < -0.3 is 9.64 Å². The molecule has 7 heteroatoms. The van der Waals surface area contributed by atoms with Crippen LogP contribution >= 0.6 is 39.3 Å². The summed E-state index contributed by atoms with van der Waals surface area (Å²) in [7, 11) is 1.34. The molecule has 0 spiro atoms. The number of hydrogen-bond acceptors (Lipinski definition) is 4. The van der Waals surface area contributed by atoms with Gasteiger partial charge >= 0.3 is 5.97 Å². The van der Waals surface area contributed by atoms with Crippen LogP contribution in [0.2, 0.25) is 5.02 Å². The van der Waals surface area contributed by atoms with E-state index in [1.807, 2.05) is 18.2 Å². The Morgan fingerprint density at radius 2 is 1.96 bits per heavy atom. The van der Waals surface area contributed by atoms with Crippen molar-refractivity contribution >= 4 is 51.2 Å². The van der Waals surface area contributed by atoms with E-state index >= 15 is 0 Å². The number of thioether (sulfide) groups is 1. The average molecular weight is 441 g/mol. The second-order valence-corrected chi connectivity index (χ2v) is 7.96. The molecule has 0 radical (unpaired) electrons. The van der Waals surface area contributed by atoms with Crippen LogP contribution in [-0.4, -0.2) is 35.7 Å². The number of carbonyl (C=O) groups excluding carboxylic acids is 2. The summed E-state index contributed by atoms with van der Waals surface area (Å²) in [5, 5.41) is 0.301. The first-order valence-corrected chi connectivity index (χ1v) is 9.76. The summed E-state index contributed by atoms with van der Waals surface area (Å²) in [4.78, 5) is 26.9. The topological polar surface area (TPSA) is 46.6 Å². The van der Waals surface area contributed by atoms with Crippen molar-refractivity contribution in [3.8, 4) is 0 Å². The van der Waals surface area contributed by atoms with Gasteiger partial charge in [0.25, 0.3) is 5.91 Å². The summed E-state index contributed by atoms with van der Waals surface area (Å²) in [6, 6.07) is 13.8.